The third-order valence-corrected chi connectivity index (χ3v) is 2.16. The molecule has 1 aromatic rings. The van der Waals surface area contributed by atoms with Crippen LogP contribution < -0.4 is 4.72 Å². The number of aromatic nitrogens is 2. The minimum absolute atomic E-state index is 0.250. The lowest BCUT2D eigenvalue weighted by atomic mass is 10.3. The monoisotopic (exact) mass is 247 g/mol. The minimum Gasteiger partial charge on any atom is -0.268 e. The molecule has 1 rings (SSSR count). The molecule has 0 aliphatic carbocycles. The molecule has 0 saturated carbocycles. The Morgan fingerprint density at radius 3 is 2.31 bits per heavy atom. The van der Waals surface area contributed by atoms with E-state index in [1.807, 2.05) is 6.92 Å². The molecule has 0 aliphatic heterocycles. The Hall–Kier alpha value is -1.66. The largest absolute Gasteiger partial charge is 0.373 e. The van der Waals surface area contributed by atoms with Gasteiger partial charge in [0.05, 0.1) is 11.9 Å². The van der Waals surface area contributed by atoms with Gasteiger partial charge in [0, 0.05) is 13.1 Å². The molecule has 0 aliphatic rings. The normalized spacial score (nSPS) is 9.94. The summed E-state index contributed by atoms with van der Waals surface area (Å²) in [6, 6.07) is 1.72. The number of aryl methyl sites for hydroxylation is 2. The zero-order chi connectivity index (χ0) is 12.8. The minimum atomic E-state index is -3.21. The Morgan fingerprint density at radius 2 is 2.00 bits per heavy atom. The standard InChI is InChI=1S/C7H13N3O2S.CO2/c1-4-6-5-7(10(2)8-6)9-13(3,11)12;2-1-3/h5,9H,4H2,1-3H3;. The average Bonchev–Trinajstić information content (AvgIpc) is 2.46. The van der Waals surface area contributed by atoms with Crippen LogP contribution in [0.4, 0.5) is 5.82 Å². The smallest absolute Gasteiger partial charge is 0.268 e. The molecule has 16 heavy (non-hydrogen) atoms. The van der Waals surface area contributed by atoms with E-state index < -0.39 is 10.0 Å². The first-order chi connectivity index (χ1) is 7.34. The number of anilines is 1. The number of carbonyl (C=O) groups excluding carboxylic acids is 2. The molecule has 8 heteroatoms. The van der Waals surface area contributed by atoms with Crippen LogP contribution in [-0.4, -0.2) is 30.6 Å². The fourth-order valence-electron chi connectivity index (χ4n) is 0.985. The van der Waals surface area contributed by atoms with Gasteiger partial charge in [0.25, 0.3) is 0 Å². The second-order valence-corrected chi connectivity index (χ2v) is 4.70. The maximum Gasteiger partial charge on any atom is 0.373 e. The van der Waals surface area contributed by atoms with Crippen molar-refractivity contribution in [2.45, 2.75) is 13.3 Å². The number of hydrogen-bond acceptors (Lipinski definition) is 5. The van der Waals surface area contributed by atoms with E-state index in [9.17, 15) is 8.42 Å². The highest BCUT2D eigenvalue weighted by molar-refractivity contribution is 7.92. The van der Waals surface area contributed by atoms with Crippen molar-refractivity contribution >= 4 is 22.0 Å². The third-order valence-electron chi connectivity index (χ3n) is 1.58. The van der Waals surface area contributed by atoms with E-state index >= 15 is 0 Å². The topological polar surface area (TPSA) is 98.1 Å². The molecule has 1 aromatic heterocycles. The number of hydrogen-bond donors (Lipinski definition) is 1. The highest BCUT2D eigenvalue weighted by atomic mass is 32.2. The van der Waals surface area contributed by atoms with Gasteiger partial charge in [0.15, 0.2) is 0 Å². The van der Waals surface area contributed by atoms with Crippen molar-refractivity contribution in [3.05, 3.63) is 11.8 Å². The molecule has 0 aromatic carbocycles. The molecule has 0 fully saturated rings. The predicted octanol–water partition coefficient (Wildman–Crippen LogP) is -0.230. The quantitative estimate of drug-likeness (QED) is 0.795. The Kier molecular flexibility index (Phi) is 5.41. The molecule has 0 unspecified atom stereocenters. The van der Waals surface area contributed by atoms with E-state index in [0.717, 1.165) is 18.4 Å². The molecule has 0 spiro atoms. The molecule has 1 heterocycles. The number of sulfonamides is 1. The van der Waals surface area contributed by atoms with Crippen molar-refractivity contribution < 1.29 is 18.0 Å². The van der Waals surface area contributed by atoms with Crippen molar-refractivity contribution in [3.8, 4) is 0 Å². The van der Waals surface area contributed by atoms with Gasteiger partial charge in [-0.2, -0.15) is 14.7 Å². The second kappa shape index (κ2) is 6.04. The molecule has 0 amide bonds. The first-order valence-corrected chi connectivity index (χ1v) is 6.23. The summed E-state index contributed by atoms with van der Waals surface area (Å²) >= 11 is 0. The van der Waals surface area contributed by atoms with Crippen LogP contribution in [-0.2, 0) is 33.1 Å². The van der Waals surface area contributed by atoms with Crippen molar-refractivity contribution in [1.82, 2.24) is 9.78 Å². The van der Waals surface area contributed by atoms with Gasteiger partial charge >= 0.3 is 6.15 Å². The van der Waals surface area contributed by atoms with Crippen LogP contribution in [0.3, 0.4) is 0 Å². The average molecular weight is 247 g/mol. The lowest BCUT2D eigenvalue weighted by Gasteiger charge is -2.01. The molecular formula is C8H13N3O4S. The van der Waals surface area contributed by atoms with Gasteiger partial charge in [-0.05, 0) is 6.42 Å². The molecule has 7 nitrogen and oxygen atoms in total. The van der Waals surface area contributed by atoms with Crippen LogP contribution in [0.25, 0.3) is 0 Å². The Bertz CT molecular complexity index is 471. The fourth-order valence-corrected chi connectivity index (χ4v) is 1.56. The highest BCUT2D eigenvalue weighted by Crippen LogP contribution is 2.10. The SMILES string of the molecule is CCc1cc(NS(C)(=O)=O)n(C)n1.O=C=O. The van der Waals surface area contributed by atoms with Crippen molar-refractivity contribution in [3.63, 3.8) is 0 Å². The van der Waals surface area contributed by atoms with Crippen molar-refractivity contribution in [2.24, 2.45) is 7.05 Å². The predicted molar refractivity (Wildman–Crippen MR) is 56.1 cm³/mol. The summed E-state index contributed by atoms with van der Waals surface area (Å²) in [7, 11) is -1.50. The summed E-state index contributed by atoms with van der Waals surface area (Å²) in [5.41, 5.74) is 0.869. The number of nitrogens with one attached hydrogen (secondary N) is 1. The first kappa shape index (κ1) is 14.3. The summed E-state index contributed by atoms with van der Waals surface area (Å²) in [5.74, 6) is 0.499. The molecule has 0 bridgehead atoms. The van der Waals surface area contributed by atoms with Crippen molar-refractivity contribution in [1.29, 1.82) is 0 Å². The Labute approximate surface area is 93.5 Å². The van der Waals surface area contributed by atoms with Gasteiger partial charge in [0.2, 0.25) is 10.0 Å². The first-order valence-electron chi connectivity index (χ1n) is 4.34. The lowest BCUT2D eigenvalue weighted by molar-refractivity contribution is -0.191. The highest BCUT2D eigenvalue weighted by Gasteiger charge is 2.07. The lowest BCUT2D eigenvalue weighted by Crippen LogP contribution is -2.12. The molecular weight excluding hydrogens is 234 g/mol. The molecule has 1 N–H and O–H groups in total. The summed E-state index contributed by atoms with van der Waals surface area (Å²) in [5, 5.41) is 4.10. The van der Waals surface area contributed by atoms with Crippen LogP contribution in [0.5, 0.6) is 0 Å². The third kappa shape index (κ3) is 5.28. The van der Waals surface area contributed by atoms with Crippen molar-refractivity contribution in [2.75, 3.05) is 11.0 Å². The van der Waals surface area contributed by atoms with Crippen LogP contribution in [0.15, 0.2) is 6.07 Å². The maximum absolute atomic E-state index is 10.9. The number of nitrogens with zero attached hydrogens (tertiary/aromatic N) is 2. The Morgan fingerprint density at radius 1 is 1.50 bits per heavy atom. The van der Waals surface area contributed by atoms with E-state index in [2.05, 4.69) is 9.82 Å². The summed E-state index contributed by atoms with van der Waals surface area (Å²) in [6.45, 7) is 1.96. The van der Waals surface area contributed by atoms with Gasteiger partial charge in [-0.3, -0.25) is 9.40 Å². The fraction of sp³-hybridized carbons (Fsp3) is 0.500. The zero-order valence-corrected chi connectivity index (χ0v) is 10.0. The molecule has 90 valence electrons. The van der Waals surface area contributed by atoms with Gasteiger partial charge in [-0.1, -0.05) is 6.92 Å². The van der Waals surface area contributed by atoms with Gasteiger partial charge in [0.1, 0.15) is 5.82 Å². The van der Waals surface area contributed by atoms with E-state index in [1.54, 1.807) is 13.1 Å². The summed E-state index contributed by atoms with van der Waals surface area (Å²) in [4.78, 5) is 16.2. The van der Waals surface area contributed by atoms with Crippen LogP contribution >= 0.6 is 0 Å². The van der Waals surface area contributed by atoms with Gasteiger partial charge < -0.3 is 0 Å². The number of rotatable bonds is 3. The van der Waals surface area contributed by atoms with E-state index in [4.69, 9.17) is 9.59 Å². The maximum atomic E-state index is 10.9. The molecule has 0 atom stereocenters. The van der Waals surface area contributed by atoms with E-state index in [1.165, 1.54) is 4.68 Å². The Balaban J connectivity index is 0.000000673. The van der Waals surface area contributed by atoms with Gasteiger partial charge in [-0.25, -0.2) is 8.42 Å². The van der Waals surface area contributed by atoms with Crippen LogP contribution in [0.1, 0.15) is 12.6 Å². The summed E-state index contributed by atoms with van der Waals surface area (Å²) in [6.07, 6.45) is 2.16. The van der Waals surface area contributed by atoms with Gasteiger partial charge in [-0.15, -0.1) is 0 Å². The second-order valence-electron chi connectivity index (χ2n) is 2.96. The van der Waals surface area contributed by atoms with Crippen LogP contribution in [0, 0.1) is 0 Å². The van der Waals surface area contributed by atoms with E-state index in [-0.39, 0.29) is 6.15 Å². The van der Waals surface area contributed by atoms with E-state index in [0.29, 0.717) is 5.82 Å². The van der Waals surface area contributed by atoms with Crippen LogP contribution in [0.2, 0.25) is 0 Å². The summed E-state index contributed by atoms with van der Waals surface area (Å²) < 4.78 is 25.7. The molecule has 0 radical (unpaired) electrons. The molecule has 0 saturated heterocycles. The zero-order valence-electron chi connectivity index (χ0n) is 9.22.